The van der Waals surface area contributed by atoms with Crippen molar-refractivity contribution in [2.75, 3.05) is 5.32 Å². The van der Waals surface area contributed by atoms with Crippen LogP contribution in [0.1, 0.15) is 29.8 Å². The first kappa shape index (κ1) is 18.1. The lowest BCUT2D eigenvalue weighted by atomic mass is 10.1. The standard InChI is InChI=1S/C18H21FN6S/c1-12(15-10-20-24(3)13(15)2)21-18(26)22-17-8-9-25(23-17)11-14-6-4-5-7-16(14)19/h4-10,12H,11H2,1-3H3,(H2,21,22,23,26). The topological polar surface area (TPSA) is 59.7 Å². The van der Waals surface area contributed by atoms with Crippen molar-refractivity contribution >= 4 is 23.1 Å². The Kier molecular flexibility index (Phi) is 5.32. The fourth-order valence-electron chi connectivity index (χ4n) is 2.69. The van der Waals surface area contributed by atoms with E-state index < -0.39 is 0 Å². The molecule has 3 rings (SSSR count). The molecular weight excluding hydrogens is 351 g/mol. The highest BCUT2D eigenvalue weighted by atomic mass is 32.1. The van der Waals surface area contributed by atoms with E-state index in [-0.39, 0.29) is 11.9 Å². The zero-order valence-electron chi connectivity index (χ0n) is 14.9. The highest BCUT2D eigenvalue weighted by Crippen LogP contribution is 2.16. The minimum atomic E-state index is -0.240. The molecule has 0 spiro atoms. The predicted molar refractivity (Wildman–Crippen MR) is 103 cm³/mol. The average Bonchev–Trinajstić information content (AvgIpc) is 3.17. The molecule has 3 aromatic rings. The molecule has 0 saturated carbocycles. The Labute approximate surface area is 157 Å². The molecular formula is C18H21FN6S. The van der Waals surface area contributed by atoms with Crippen molar-refractivity contribution in [3.8, 4) is 0 Å². The fourth-order valence-corrected chi connectivity index (χ4v) is 2.97. The third kappa shape index (κ3) is 4.08. The van der Waals surface area contributed by atoms with Gasteiger partial charge in [0.2, 0.25) is 0 Å². The summed E-state index contributed by atoms with van der Waals surface area (Å²) in [6.45, 7) is 4.40. The predicted octanol–water partition coefficient (Wildman–Crippen LogP) is 3.16. The molecule has 0 aliphatic rings. The normalized spacial score (nSPS) is 12.0. The van der Waals surface area contributed by atoms with Crippen LogP contribution in [0.25, 0.3) is 0 Å². The van der Waals surface area contributed by atoms with Crippen molar-refractivity contribution < 1.29 is 4.39 Å². The van der Waals surface area contributed by atoms with Gasteiger partial charge in [0.25, 0.3) is 0 Å². The molecule has 0 aliphatic carbocycles. The van der Waals surface area contributed by atoms with E-state index >= 15 is 0 Å². The summed E-state index contributed by atoms with van der Waals surface area (Å²) in [5.41, 5.74) is 2.76. The lowest BCUT2D eigenvalue weighted by Crippen LogP contribution is -2.31. The van der Waals surface area contributed by atoms with Gasteiger partial charge in [-0.1, -0.05) is 18.2 Å². The first-order valence-corrected chi connectivity index (χ1v) is 8.67. The summed E-state index contributed by atoms with van der Waals surface area (Å²) < 4.78 is 17.2. The molecule has 2 heterocycles. The maximum absolute atomic E-state index is 13.7. The molecule has 2 aromatic heterocycles. The Hall–Kier alpha value is -2.74. The number of halogens is 1. The second kappa shape index (κ2) is 7.65. The minimum absolute atomic E-state index is 0.0178. The smallest absolute Gasteiger partial charge is 0.172 e. The highest BCUT2D eigenvalue weighted by Gasteiger charge is 2.13. The lowest BCUT2D eigenvalue weighted by Gasteiger charge is -2.16. The van der Waals surface area contributed by atoms with Crippen LogP contribution >= 0.6 is 12.2 Å². The average molecular weight is 372 g/mol. The fraction of sp³-hybridized carbons (Fsp3) is 0.278. The van der Waals surface area contributed by atoms with Gasteiger partial charge in [0.1, 0.15) is 5.82 Å². The van der Waals surface area contributed by atoms with E-state index in [1.165, 1.54) is 6.07 Å². The van der Waals surface area contributed by atoms with Gasteiger partial charge in [-0.25, -0.2) is 4.39 Å². The van der Waals surface area contributed by atoms with Gasteiger partial charge in [-0.15, -0.1) is 0 Å². The summed E-state index contributed by atoms with van der Waals surface area (Å²) >= 11 is 5.36. The summed E-state index contributed by atoms with van der Waals surface area (Å²) in [5, 5.41) is 15.4. The molecule has 0 fully saturated rings. The number of rotatable bonds is 5. The van der Waals surface area contributed by atoms with Crippen LogP contribution in [0.3, 0.4) is 0 Å². The second-order valence-electron chi connectivity index (χ2n) is 6.12. The van der Waals surface area contributed by atoms with Crippen LogP contribution in [-0.4, -0.2) is 24.7 Å². The van der Waals surface area contributed by atoms with Crippen LogP contribution in [0.2, 0.25) is 0 Å². The molecule has 0 aliphatic heterocycles. The van der Waals surface area contributed by atoms with E-state index in [0.29, 0.717) is 23.0 Å². The zero-order chi connectivity index (χ0) is 18.7. The number of nitrogens with zero attached hydrogens (tertiary/aromatic N) is 4. The molecule has 1 aromatic carbocycles. The van der Waals surface area contributed by atoms with Crippen LogP contribution < -0.4 is 10.6 Å². The molecule has 0 bridgehead atoms. The van der Waals surface area contributed by atoms with E-state index in [1.54, 1.807) is 29.1 Å². The second-order valence-corrected chi connectivity index (χ2v) is 6.53. The Morgan fingerprint density at radius 3 is 2.77 bits per heavy atom. The van der Waals surface area contributed by atoms with Gasteiger partial charge in [-0.3, -0.25) is 9.36 Å². The number of thiocarbonyl (C=S) groups is 1. The summed E-state index contributed by atoms with van der Waals surface area (Å²) in [6, 6.07) is 8.48. The summed E-state index contributed by atoms with van der Waals surface area (Å²) in [6.07, 6.45) is 3.62. The molecule has 2 N–H and O–H groups in total. The quantitative estimate of drug-likeness (QED) is 0.674. The SMILES string of the molecule is Cc1c(C(C)NC(=S)Nc2ccn(Cc3ccccc3F)n2)cnn1C. The van der Waals surface area contributed by atoms with E-state index in [1.807, 2.05) is 37.8 Å². The third-order valence-electron chi connectivity index (χ3n) is 4.26. The highest BCUT2D eigenvalue weighted by molar-refractivity contribution is 7.80. The van der Waals surface area contributed by atoms with Gasteiger partial charge in [0.15, 0.2) is 10.9 Å². The molecule has 6 nitrogen and oxygen atoms in total. The zero-order valence-corrected chi connectivity index (χ0v) is 15.7. The van der Waals surface area contributed by atoms with Crippen LogP contribution in [0.4, 0.5) is 10.2 Å². The van der Waals surface area contributed by atoms with Crippen molar-refractivity contribution in [3.05, 3.63) is 65.4 Å². The van der Waals surface area contributed by atoms with Crippen LogP contribution in [-0.2, 0) is 13.6 Å². The molecule has 26 heavy (non-hydrogen) atoms. The number of benzene rings is 1. The van der Waals surface area contributed by atoms with Crippen molar-refractivity contribution in [2.45, 2.75) is 26.4 Å². The van der Waals surface area contributed by atoms with E-state index in [4.69, 9.17) is 12.2 Å². The largest absolute Gasteiger partial charge is 0.356 e. The monoisotopic (exact) mass is 372 g/mol. The number of hydrogen-bond donors (Lipinski definition) is 2. The van der Waals surface area contributed by atoms with Crippen molar-refractivity contribution in [3.63, 3.8) is 0 Å². The number of nitrogens with one attached hydrogen (secondary N) is 2. The Morgan fingerprint density at radius 1 is 1.31 bits per heavy atom. The minimum Gasteiger partial charge on any atom is -0.356 e. The van der Waals surface area contributed by atoms with E-state index in [0.717, 1.165) is 11.3 Å². The van der Waals surface area contributed by atoms with Crippen LogP contribution in [0.5, 0.6) is 0 Å². The van der Waals surface area contributed by atoms with Crippen molar-refractivity contribution in [1.29, 1.82) is 0 Å². The van der Waals surface area contributed by atoms with Crippen LogP contribution in [0, 0.1) is 12.7 Å². The molecule has 8 heteroatoms. The van der Waals surface area contributed by atoms with Gasteiger partial charge < -0.3 is 10.6 Å². The first-order chi connectivity index (χ1) is 12.4. The summed E-state index contributed by atoms with van der Waals surface area (Å²) in [4.78, 5) is 0. The number of aromatic nitrogens is 4. The number of hydrogen-bond acceptors (Lipinski definition) is 3. The van der Waals surface area contributed by atoms with Crippen LogP contribution in [0.15, 0.2) is 42.7 Å². The van der Waals surface area contributed by atoms with E-state index in [9.17, 15) is 4.39 Å². The third-order valence-corrected chi connectivity index (χ3v) is 4.48. The lowest BCUT2D eigenvalue weighted by molar-refractivity contribution is 0.586. The van der Waals surface area contributed by atoms with E-state index in [2.05, 4.69) is 20.8 Å². The molecule has 0 amide bonds. The molecule has 1 atom stereocenters. The number of anilines is 1. The first-order valence-electron chi connectivity index (χ1n) is 8.27. The van der Waals surface area contributed by atoms with Gasteiger partial charge in [0.05, 0.1) is 18.8 Å². The van der Waals surface area contributed by atoms with Crippen molar-refractivity contribution in [1.82, 2.24) is 24.9 Å². The number of aryl methyl sites for hydroxylation is 1. The maximum atomic E-state index is 13.7. The summed E-state index contributed by atoms with van der Waals surface area (Å²) in [7, 11) is 1.91. The molecule has 1 unspecified atom stereocenters. The Morgan fingerprint density at radius 2 is 2.08 bits per heavy atom. The Balaban J connectivity index is 1.59. The maximum Gasteiger partial charge on any atom is 0.172 e. The molecule has 136 valence electrons. The van der Waals surface area contributed by atoms with Crippen molar-refractivity contribution in [2.24, 2.45) is 7.05 Å². The molecule has 0 saturated heterocycles. The van der Waals surface area contributed by atoms with Gasteiger partial charge in [-0.2, -0.15) is 10.2 Å². The molecule has 0 radical (unpaired) electrons. The Bertz CT molecular complexity index is 916. The van der Waals surface area contributed by atoms with Gasteiger partial charge >= 0.3 is 0 Å². The summed E-state index contributed by atoms with van der Waals surface area (Å²) in [5.74, 6) is 0.365. The van der Waals surface area contributed by atoms with Gasteiger partial charge in [0, 0.05) is 36.1 Å². The van der Waals surface area contributed by atoms with Gasteiger partial charge in [-0.05, 0) is 32.1 Å².